The molecule has 4 aromatic rings. The Morgan fingerprint density at radius 2 is 1.32 bits per heavy atom. The third kappa shape index (κ3) is 1.83. The molecule has 0 spiro atoms. The molecule has 110 valence electrons. The minimum atomic E-state index is 0.180. The summed E-state index contributed by atoms with van der Waals surface area (Å²) in [6.07, 6.45) is 1.08. The molecule has 0 saturated heterocycles. The molecule has 0 aliphatic carbocycles. The molecular weight excluding hydrogens is 264 g/mol. The summed E-state index contributed by atoms with van der Waals surface area (Å²) < 4.78 is 0. The van der Waals surface area contributed by atoms with Crippen molar-refractivity contribution in [1.29, 1.82) is 0 Å². The van der Waals surface area contributed by atoms with Gasteiger partial charge in [-0.3, -0.25) is 0 Å². The van der Waals surface area contributed by atoms with E-state index < -0.39 is 0 Å². The molecule has 4 rings (SSSR count). The molecular formula is C22H22. The second-order valence-corrected chi connectivity index (χ2v) is 7.40. The van der Waals surface area contributed by atoms with Crippen molar-refractivity contribution < 1.29 is 0 Å². The highest BCUT2D eigenvalue weighted by molar-refractivity contribution is 6.23. The van der Waals surface area contributed by atoms with Crippen molar-refractivity contribution in [3.05, 3.63) is 59.7 Å². The summed E-state index contributed by atoms with van der Waals surface area (Å²) in [4.78, 5) is 0. The Labute approximate surface area is 132 Å². The molecule has 22 heavy (non-hydrogen) atoms. The van der Waals surface area contributed by atoms with E-state index in [0.717, 1.165) is 6.42 Å². The average Bonchev–Trinajstić information content (AvgIpc) is 2.51. The fourth-order valence-electron chi connectivity index (χ4n) is 3.62. The van der Waals surface area contributed by atoms with Crippen LogP contribution in [0.15, 0.2) is 48.5 Å². The van der Waals surface area contributed by atoms with Gasteiger partial charge in [0, 0.05) is 0 Å². The largest absolute Gasteiger partial charge is 0.0613 e. The highest BCUT2D eigenvalue weighted by Crippen LogP contribution is 2.38. The molecule has 0 aliphatic rings. The van der Waals surface area contributed by atoms with Crippen LogP contribution >= 0.6 is 0 Å². The number of aryl methyl sites for hydroxylation is 1. The van der Waals surface area contributed by atoms with Crippen LogP contribution in [0.1, 0.15) is 38.8 Å². The summed E-state index contributed by atoms with van der Waals surface area (Å²) in [6.45, 7) is 9.10. The summed E-state index contributed by atoms with van der Waals surface area (Å²) in [5.41, 5.74) is 3.04. The number of hydrogen-bond acceptors (Lipinski definition) is 0. The first-order valence-corrected chi connectivity index (χ1v) is 8.20. The Kier molecular flexibility index (Phi) is 2.75. The van der Waals surface area contributed by atoms with Crippen LogP contribution in [0.2, 0.25) is 0 Å². The second kappa shape index (κ2) is 4.46. The summed E-state index contributed by atoms with van der Waals surface area (Å²) >= 11 is 0. The van der Waals surface area contributed by atoms with Gasteiger partial charge in [-0.15, -0.1) is 0 Å². The molecule has 0 nitrogen and oxygen atoms in total. The zero-order chi connectivity index (χ0) is 15.5. The molecule has 0 fully saturated rings. The summed E-state index contributed by atoms with van der Waals surface area (Å²) in [7, 11) is 0. The molecule has 0 heteroatoms. The summed E-state index contributed by atoms with van der Waals surface area (Å²) in [5, 5.41) is 8.38. The van der Waals surface area contributed by atoms with Crippen molar-refractivity contribution in [2.45, 2.75) is 39.5 Å². The molecule has 0 unspecified atom stereocenters. The highest BCUT2D eigenvalue weighted by atomic mass is 14.2. The lowest BCUT2D eigenvalue weighted by atomic mass is 9.83. The van der Waals surface area contributed by atoms with Gasteiger partial charge in [-0.1, -0.05) is 76.2 Å². The van der Waals surface area contributed by atoms with Crippen LogP contribution in [-0.2, 0) is 11.8 Å². The monoisotopic (exact) mass is 286 g/mol. The molecule has 4 aromatic carbocycles. The lowest BCUT2D eigenvalue weighted by Crippen LogP contribution is -2.10. The van der Waals surface area contributed by atoms with Crippen molar-refractivity contribution in [3.8, 4) is 0 Å². The van der Waals surface area contributed by atoms with E-state index in [4.69, 9.17) is 0 Å². The quantitative estimate of drug-likeness (QED) is 0.353. The van der Waals surface area contributed by atoms with Gasteiger partial charge < -0.3 is 0 Å². The maximum atomic E-state index is 2.37. The SMILES string of the molecule is CCc1ccc2ccc3cc(C(C)(C)C)cc4ccc1c2c34. The molecule has 0 radical (unpaired) electrons. The lowest BCUT2D eigenvalue weighted by molar-refractivity contribution is 0.591. The summed E-state index contributed by atoms with van der Waals surface area (Å²) in [6, 6.07) is 18.5. The third-order valence-corrected chi connectivity index (χ3v) is 4.94. The van der Waals surface area contributed by atoms with Crippen LogP contribution < -0.4 is 0 Å². The number of rotatable bonds is 1. The minimum absolute atomic E-state index is 0.180. The van der Waals surface area contributed by atoms with E-state index >= 15 is 0 Å². The fraction of sp³-hybridized carbons (Fsp3) is 0.273. The van der Waals surface area contributed by atoms with Crippen LogP contribution in [0.4, 0.5) is 0 Å². The van der Waals surface area contributed by atoms with Crippen molar-refractivity contribution in [1.82, 2.24) is 0 Å². The molecule has 0 heterocycles. The Bertz CT molecular complexity index is 965. The van der Waals surface area contributed by atoms with Crippen LogP contribution in [0.5, 0.6) is 0 Å². The standard InChI is InChI=1S/C22H22/c1-5-14-6-7-15-8-9-16-12-18(22(2,3)4)13-17-10-11-19(14)21(15)20(16)17/h6-13H,5H2,1-4H3. The van der Waals surface area contributed by atoms with Gasteiger partial charge in [0.15, 0.2) is 0 Å². The first kappa shape index (κ1) is 13.6. The maximum Gasteiger partial charge on any atom is -0.00240 e. The molecule has 0 atom stereocenters. The number of benzene rings is 4. The normalized spacial score (nSPS) is 12.7. The first-order valence-electron chi connectivity index (χ1n) is 8.20. The zero-order valence-corrected chi connectivity index (χ0v) is 13.8. The van der Waals surface area contributed by atoms with Gasteiger partial charge in [0.05, 0.1) is 0 Å². The molecule has 0 amide bonds. The average molecular weight is 286 g/mol. The van der Waals surface area contributed by atoms with E-state index in [1.165, 1.54) is 43.4 Å². The van der Waals surface area contributed by atoms with Crippen molar-refractivity contribution >= 4 is 32.3 Å². The van der Waals surface area contributed by atoms with E-state index in [1.54, 1.807) is 0 Å². The molecule has 0 N–H and O–H groups in total. The van der Waals surface area contributed by atoms with E-state index in [1.807, 2.05) is 0 Å². The van der Waals surface area contributed by atoms with Gasteiger partial charge >= 0.3 is 0 Å². The van der Waals surface area contributed by atoms with Crippen LogP contribution in [0.3, 0.4) is 0 Å². The van der Waals surface area contributed by atoms with E-state index in [2.05, 4.69) is 76.2 Å². The topological polar surface area (TPSA) is 0 Å². The van der Waals surface area contributed by atoms with Crippen LogP contribution in [0, 0.1) is 0 Å². The predicted octanol–water partition coefficient (Wildman–Crippen LogP) is 6.44. The van der Waals surface area contributed by atoms with Crippen molar-refractivity contribution in [3.63, 3.8) is 0 Å². The van der Waals surface area contributed by atoms with E-state index in [0.29, 0.717) is 0 Å². The lowest BCUT2D eigenvalue weighted by Gasteiger charge is -2.21. The van der Waals surface area contributed by atoms with Gasteiger partial charge in [0.25, 0.3) is 0 Å². The Morgan fingerprint density at radius 1 is 0.727 bits per heavy atom. The first-order chi connectivity index (χ1) is 10.5. The van der Waals surface area contributed by atoms with Gasteiger partial charge in [-0.2, -0.15) is 0 Å². The van der Waals surface area contributed by atoms with Crippen LogP contribution in [-0.4, -0.2) is 0 Å². The minimum Gasteiger partial charge on any atom is -0.0613 e. The smallest absolute Gasteiger partial charge is 0.00240 e. The van der Waals surface area contributed by atoms with Gasteiger partial charge in [0.2, 0.25) is 0 Å². The van der Waals surface area contributed by atoms with Crippen molar-refractivity contribution in [2.24, 2.45) is 0 Å². The van der Waals surface area contributed by atoms with Gasteiger partial charge in [0.1, 0.15) is 0 Å². The Balaban J connectivity index is 2.22. The maximum absolute atomic E-state index is 2.37. The fourth-order valence-corrected chi connectivity index (χ4v) is 3.62. The predicted molar refractivity (Wildman–Crippen MR) is 98.2 cm³/mol. The van der Waals surface area contributed by atoms with Crippen molar-refractivity contribution in [2.75, 3.05) is 0 Å². The van der Waals surface area contributed by atoms with Gasteiger partial charge in [-0.25, -0.2) is 0 Å². The summed E-state index contributed by atoms with van der Waals surface area (Å²) in [5.74, 6) is 0. The third-order valence-electron chi connectivity index (χ3n) is 4.94. The highest BCUT2D eigenvalue weighted by Gasteiger charge is 2.17. The second-order valence-electron chi connectivity index (χ2n) is 7.40. The van der Waals surface area contributed by atoms with E-state index in [-0.39, 0.29) is 5.41 Å². The molecule has 0 saturated carbocycles. The van der Waals surface area contributed by atoms with Crippen LogP contribution in [0.25, 0.3) is 32.3 Å². The number of hydrogen-bond donors (Lipinski definition) is 0. The zero-order valence-electron chi connectivity index (χ0n) is 13.8. The van der Waals surface area contributed by atoms with E-state index in [9.17, 15) is 0 Å². The Hall–Kier alpha value is -2.08. The van der Waals surface area contributed by atoms with Gasteiger partial charge in [-0.05, 0) is 55.3 Å². The molecule has 0 aromatic heterocycles. The molecule has 0 bridgehead atoms. The Morgan fingerprint density at radius 3 is 1.95 bits per heavy atom. The molecule has 0 aliphatic heterocycles.